The average molecular weight is 331 g/mol. The molecule has 1 saturated heterocycles. The molecule has 0 saturated carbocycles. The summed E-state index contributed by atoms with van der Waals surface area (Å²) in [5, 5.41) is 9.34. The number of carbonyl (C=O) groups is 2. The molecule has 0 aliphatic carbocycles. The third kappa shape index (κ3) is 5.06. The highest BCUT2D eigenvalue weighted by Crippen LogP contribution is 2.18. The van der Waals surface area contributed by atoms with Crippen LogP contribution in [0.15, 0.2) is 30.3 Å². The Kier molecular flexibility index (Phi) is 6.79. The van der Waals surface area contributed by atoms with Gasteiger partial charge in [0.25, 0.3) is 5.91 Å². The van der Waals surface area contributed by atoms with Gasteiger partial charge in [-0.15, -0.1) is 0 Å². The zero-order valence-electron chi connectivity index (χ0n) is 14.8. The van der Waals surface area contributed by atoms with Gasteiger partial charge in [0.05, 0.1) is 0 Å². The van der Waals surface area contributed by atoms with Crippen molar-refractivity contribution in [3.8, 4) is 0 Å². The number of hydrogen-bond acceptors (Lipinski definition) is 3. The summed E-state index contributed by atoms with van der Waals surface area (Å²) in [6, 6.07) is 8.66. The SMILES string of the molecule is CC(C)C(C)NC(=O)C(NC(=O)c1ccccc1)C1CCNCC1. The molecule has 24 heavy (non-hydrogen) atoms. The van der Waals surface area contributed by atoms with E-state index in [2.05, 4.69) is 29.8 Å². The minimum absolute atomic E-state index is 0.0765. The van der Waals surface area contributed by atoms with Gasteiger partial charge in [-0.2, -0.15) is 0 Å². The number of nitrogens with one attached hydrogen (secondary N) is 3. The predicted molar refractivity (Wildman–Crippen MR) is 95.7 cm³/mol. The molecule has 1 aliphatic heterocycles. The van der Waals surface area contributed by atoms with E-state index in [0.717, 1.165) is 25.9 Å². The maximum Gasteiger partial charge on any atom is 0.251 e. The third-order valence-corrected chi connectivity index (χ3v) is 4.83. The predicted octanol–water partition coefficient (Wildman–Crippen LogP) is 1.95. The lowest BCUT2D eigenvalue weighted by Crippen LogP contribution is -2.55. The summed E-state index contributed by atoms with van der Waals surface area (Å²) in [5.74, 6) is 0.254. The van der Waals surface area contributed by atoms with Crippen LogP contribution >= 0.6 is 0 Å². The molecule has 132 valence electrons. The average Bonchev–Trinajstić information content (AvgIpc) is 2.60. The number of carbonyl (C=O) groups excluding carboxylic acids is 2. The molecule has 2 rings (SSSR count). The Labute approximate surface area is 144 Å². The van der Waals surface area contributed by atoms with Crippen LogP contribution in [0.2, 0.25) is 0 Å². The van der Waals surface area contributed by atoms with Gasteiger partial charge in [-0.05, 0) is 56.8 Å². The van der Waals surface area contributed by atoms with Crippen LogP contribution in [0.5, 0.6) is 0 Å². The third-order valence-electron chi connectivity index (χ3n) is 4.83. The number of hydrogen-bond donors (Lipinski definition) is 3. The summed E-state index contributed by atoms with van der Waals surface area (Å²) in [4.78, 5) is 25.3. The molecular formula is C19H29N3O2. The van der Waals surface area contributed by atoms with Gasteiger partial charge in [-0.3, -0.25) is 9.59 Å². The Morgan fingerprint density at radius 2 is 1.67 bits per heavy atom. The lowest BCUT2D eigenvalue weighted by atomic mass is 9.89. The maximum absolute atomic E-state index is 12.8. The van der Waals surface area contributed by atoms with Crippen LogP contribution in [-0.4, -0.2) is 37.0 Å². The van der Waals surface area contributed by atoms with Crippen molar-refractivity contribution in [3.05, 3.63) is 35.9 Å². The topological polar surface area (TPSA) is 70.2 Å². The molecule has 0 spiro atoms. The van der Waals surface area contributed by atoms with Gasteiger partial charge >= 0.3 is 0 Å². The molecule has 5 heteroatoms. The summed E-state index contributed by atoms with van der Waals surface area (Å²) in [5.41, 5.74) is 0.584. The number of benzene rings is 1. The first-order valence-corrected chi connectivity index (χ1v) is 8.86. The van der Waals surface area contributed by atoms with Crippen LogP contribution in [0.25, 0.3) is 0 Å². The second kappa shape index (κ2) is 8.83. The molecule has 1 fully saturated rings. The minimum Gasteiger partial charge on any atom is -0.352 e. The van der Waals surface area contributed by atoms with Crippen LogP contribution in [-0.2, 0) is 4.79 Å². The van der Waals surface area contributed by atoms with Crippen LogP contribution in [0.1, 0.15) is 44.0 Å². The molecular weight excluding hydrogens is 302 g/mol. The summed E-state index contributed by atoms with van der Waals surface area (Å²) in [7, 11) is 0. The molecule has 0 bridgehead atoms. The molecule has 1 aromatic carbocycles. The van der Waals surface area contributed by atoms with Crippen molar-refractivity contribution >= 4 is 11.8 Å². The smallest absolute Gasteiger partial charge is 0.251 e. The van der Waals surface area contributed by atoms with E-state index in [1.807, 2.05) is 25.1 Å². The second-order valence-electron chi connectivity index (χ2n) is 6.95. The van der Waals surface area contributed by atoms with E-state index in [1.165, 1.54) is 0 Å². The summed E-state index contributed by atoms with van der Waals surface area (Å²) in [6.07, 6.45) is 1.78. The van der Waals surface area contributed by atoms with Gasteiger partial charge in [0.2, 0.25) is 5.91 Å². The molecule has 1 heterocycles. The van der Waals surface area contributed by atoms with Crippen molar-refractivity contribution in [2.45, 2.75) is 45.7 Å². The van der Waals surface area contributed by atoms with E-state index < -0.39 is 6.04 Å². The summed E-state index contributed by atoms with van der Waals surface area (Å²) < 4.78 is 0. The highest BCUT2D eigenvalue weighted by Gasteiger charge is 2.32. The lowest BCUT2D eigenvalue weighted by Gasteiger charge is -2.32. The fourth-order valence-corrected chi connectivity index (χ4v) is 2.87. The van der Waals surface area contributed by atoms with Crippen LogP contribution < -0.4 is 16.0 Å². The summed E-state index contributed by atoms with van der Waals surface area (Å²) in [6.45, 7) is 7.92. The Balaban J connectivity index is 2.10. The van der Waals surface area contributed by atoms with Crippen molar-refractivity contribution in [3.63, 3.8) is 0 Å². The van der Waals surface area contributed by atoms with Gasteiger partial charge in [0.15, 0.2) is 0 Å². The van der Waals surface area contributed by atoms with Gasteiger partial charge in [-0.25, -0.2) is 0 Å². The van der Waals surface area contributed by atoms with Crippen molar-refractivity contribution in [2.75, 3.05) is 13.1 Å². The van der Waals surface area contributed by atoms with E-state index in [1.54, 1.807) is 12.1 Å². The first-order chi connectivity index (χ1) is 11.5. The molecule has 1 aliphatic rings. The zero-order chi connectivity index (χ0) is 17.5. The van der Waals surface area contributed by atoms with E-state index in [0.29, 0.717) is 11.5 Å². The minimum atomic E-state index is -0.485. The lowest BCUT2D eigenvalue weighted by molar-refractivity contribution is -0.125. The van der Waals surface area contributed by atoms with Gasteiger partial charge < -0.3 is 16.0 Å². The largest absolute Gasteiger partial charge is 0.352 e. The Hall–Kier alpha value is -1.88. The van der Waals surface area contributed by atoms with Crippen molar-refractivity contribution in [1.29, 1.82) is 0 Å². The Morgan fingerprint density at radius 1 is 1.04 bits per heavy atom. The molecule has 1 aromatic rings. The van der Waals surface area contributed by atoms with Crippen LogP contribution in [0, 0.1) is 11.8 Å². The zero-order valence-corrected chi connectivity index (χ0v) is 14.8. The van der Waals surface area contributed by atoms with E-state index in [-0.39, 0.29) is 23.8 Å². The first-order valence-electron chi connectivity index (χ1n) is 8.86. The van der Waals surface area contributed by atoms with Crippen molar-refractivity contribution in [1.82, 2.24) is 16.0 Å². The number of piperidine rings is 1. The van der Waals surface area contributed by atoms with Crippen LogP contribution in [0.3, 0.4) is 0 Å². The van der Waals surface area contributed by atoms with Crippen molar-refractivity contribution in [2.24, 2.45) is 11.8 Å². The summed E-state index contributed by atoms with van der Waals surface area (Å²) >= 11 is 0. The van der Waals surface area contributed by atoms with E-state index in [4.69, 9.17) is 0 Å². The molecule has 2 amide bonds. The monoisotopic (exact) mass is 331 g/mol. The quantitative estimate of drug-likeness (QED) is 0.746. The number of amides is 2. The normalized spacial score (nSPS) is 18.0. The van der Waals surface area contributed by atoms with Crippen molar-refractivity contribution < 1.29 is 9.59 Å². The second-order valence-corrected chi connectivity index (χ2v) is 6.95. The Bertz CT molecular complexity index is 539. The molecule has 5 nitrogen and oxygen atoms in total. The molecule has 2 atom stereocenters. The van der Waals surface area contributed by atoms with Gasteiger partial charge in [0, 0.05) is 11.6 Å². The molecule has 2 unspecified atom stereocenters. The van der Waals surface area contributed by atoms with Gasteiger partial charge in [0.1, 0.15) is 6.04 Å². The molecule has 3 N–H and O–H groups in total. The highest BCUT2D eigenvalue weighted by atomic mass is 16.2. The highest BCUT2D eigenvalue weighted by molar-refractivity contribution is 5.97. The molecule has 0 radical (unpaired) electrons. The number of rotatable bonds is 6. The fourth-order valence-electron chi connectivity index (χ4n) is 2.87. The van der Waals surface area contributed by atoms with Crippen LogP contribution in [0.4, 0.5) is 0 Å². The van der Waals surface area contributed by atoms with Gasteiger partial charge in [-0.1, -0.05) is 32.0 Å². The Morgan fingerprint density at radius 3 is 2.25 bits per heavy atom. The first kappa shape index (κ1) is 18.5. The fraction of sp³-hybridized carbons (Fsp3) is 0.579. The standard InChI is InChI=1S/C19H29N3O2/c1-13(2)14(3)21-19(24)17(15-9-11-20-12-10-15)22-18(23)16-7-5-4-6-8-16/h4-8,13-15,17,20H,9-12H2,1-3H3,(H,21,24)(H,22,23). The van der Waals surface area contributed by atoms with E-state index >= 15 is 0 Å². The van der Waals surface area contributed by atoms with E-state index in [9.17, 15) is 9.59 Å². The maximum atomic E-state index is 12.8. The molecule has 0 aromatic heterocycles.